The number of benzene rings is 1. The number of carbonyl (C=O) groups is 2. The maximum absolute atomic E-state index is 12.9. The first-order chi connectivity index (χ1) is 12.1. The molecule has 0 radical (unpaired) electrons. The van der Waals surface area contributed by atoms with Crippen LogP contribution in [0, 0.1) is 13.8 Å². The van der Waals surface area contributed by atoms with Crippen molar-refractivity contribution in [1.82, 2.24) is 9.88 Å². The Bertz CT molecular complexity index is 785. The second-order valence-electron chi connectivity index (χ2n) is 7.07. The molecule has 2 rings (SSSR count). The monoisotopic (exact) mass is 359 g/mol. The molecule has 0 atom stereocenters. The maximum atomic E-state index is 12.9. The number of esters is 1. The maximum Gasteiger partial charge on any atom is 0.360 e. The number of methoxy groups -OCH3 is 1. The zero-order valence-electron chi connectivity index (χ0n) is 16.0. The minimum Gasteiger partial charge on any atom is -0.464 e. The van der Waals surface area contributed by atoms with Crippen LogP contribution in [-0.2, 0) is 11.3 Å². The number of nitrogens with zero attached hydrogens (tertiary/aromatic N) is 2. The first kappa shape index (κ1) is 19.5. The molecule has 0 saturated carbocycles. The molecule has 0 aliphatic heterocycles. The van der Waals surface area contributed by atoms with Crippen molar-refractivity contribution in [3.63, 3.8) is 0 Å². The van der Waals surface area contributed by atoms with E-state index in [1.165, 1.54) is 13.4 Å². The summed E-state index contributed by atoms with van der Waals surface area (Å²) in [5.41, 5.74) is 2.34. The number of carbonyl (C=O) groups excluding carboxylic acids is 2. The molecule has 2 aromatic rings. The molecule has 2 amide bonds. The van der Waals surface area contributed by atoms with Crippen LogP contribution in [0.2, 0.25) is 0 Å². The Hall–Kier alpha value is -2.83. The van der Waals surface area contributed by atoms with Crippen LogP contribution in [0.3, 0.4) is 0 Å². The number of hydrogen-bond donors (Lipinski definition) is 1. The van der Waals surface area contributed by atoms with Crippen LogP contribution < -0.4 is 5.32 Å². The zero-order chi connectivity index (χ0) is 19.5. The molecule has 0 fully saturated rings. The number of para-hydroxylation sites is 1. The number of urea groups is 1. The van der Waals surface area contributed by atoms with Gasteiger partial charge in [-0.05, 0) is 45.7 Å². The molecule has 26 heavy (non-hydrogen) atoms. The Balaban J connectivity index is 2.23. The molecular formula is C19H25N3O4. The standard InChI is InChI=1S/C19H25N3O4/c1-12-8-7-9-13(2)16(12)21-18(24)22(19(3,4)5)10-15-20-14(11-26-15)17(23)25-6/h7-9,11H,10H2,1-6H3,(H,21,24). The number of amides is 2. The Kier molecular flexibility index (Phi) is 5.69. The summed E-state index contributed by atoms with van der Waals surface area (Å²) < 4.78 is 9.95. The molecular weight excluding hydrogens is 334 g/mol. The molecule has 0 bridgehead atoms. The fourth-order valence-electron chi connectivity index (χ4n) is 2.52. The van der Waals surface area contributed by atoms with Crippen molar-refractivity contribution >= 4 is 17.7 Å². The van der Waals surface area contributed by atoms with E-state index in [-0.39, 0.29) is 24.2 Å². The number of aromatic nitrogens is 1. The van der Waals surface area contributed by atoms with Crippen LogP contribution in [0.25, 0.3) is 0 Å². The third kappa shape index (κ3) is 4.41. The van der Waals surface area contributed by atoms with Crippen molar-refractivity contribution in [2.45, 2.75) is 46.7 Å². The van der Waals surface area contributed by atoms with Crippen LogP contribution in [-0.4, -0.2) is 34.5 Å². The van der Waals surface area contributed by atoms with E-state index in [2.05, 4.69) is 15.0 Å². The van der Waals surface area contributed by atoms with E-state index in [1.807, 2.05) is 52.8 Å². The van der Waals surface area contributed by atoms with E-state index in [9.17, 15) is 9.59 Å². The number of ether oxygens (including phenoxy) is 1. The van der Waals surface area contributed by atoms with Crippen molar-refractivity contribution in [1.29, 1.82) is 0 Å². The minimum absolute atomic E-state index is 0.0755. The topological polar surface area (TPSA) is 84.7 Å². The summed E-state index contributed by atoms with van der Waals surface area (Å²) in [6.07, 6.45) is 1.23. The van der Waals surface area contributed by atoms with Gasteiger partial charge in [0.05, 0.1) is 13.7 Å². The van der Waals surface area contributed by atoms with E-state index in [0.29, 0.717) is 0 Å². The lowest BCUT2D eigenvalue weighted by molar-refractivity contribution is 0.0594. The molecule has 7 heteroatoms. The zero-order valence-corrected chi connectivity index (χ0v) is 16.0. The lowest BCUT2D eigenvalue weighted by atomic mass is 10.1. The highest BCUT2D eigenvalue weighted by Crippen LogP contribution is 2.23. The number of rotatable bonds is 4. The fraction of sp³-hybridized carbons (Fsp3) is 0.421. The predicted octanol–water partition coefficient (Wildman–Crippen LogP) is 3.91. The Morgan fingerprint density at radius 2 is 1.85 bits per heavy atom. The van der Waals surface area contributed by atoms with E-state index in [1.54, 1.807) is 4.90 Å². The molecule has 0 spiro atoms. The van der Waals surface area contributed by atoms with Crippen LogP contribution in [0.5, 0.6) is 0 Å². The molecule has 1 aromatic heterocycles. The smallest absolute Gasteiger partial charge is 0.360 e. The average molecular weight is 359 g/mol. The minimum atomic E-state index is -0.581. The molecule has 0 unspecified atom stereocenters. The largest absolute Gasteiger partial charge is 0.464 e. The predicted molar refractivity (Wildman–Crippen MR) is 98.1 cm³/mol. The van der Waals surface area contributed by atoms with Crippen LogP contribution >= 0.6 is 0 Å². The molecule has 0 aliphatic carbocycles. The Labute approximate surface area is 153 Å². The van der Waals surface area contributed by atoms with Crippen molar-refractivity contribution < 1.29 is 18.7 Å². The van der Waals surface area contributed by atoms with Gasteiger partial charge in [0.2, 0.25) is 5.89 Å². The van der Waals surface area contributed by atoms with Gasteiger partial charge in [-0.3, -0.25) is 0 Å². The van der Waals surface area contributed by atoms with Crippen LogP contribution in [0.15, 0.2) is 28.9 Å². The van der Waals surface area contributed by atoms with Crippen molar-refractivity contribution in [3.8, 4) is 0 Å². The van der Waals surface area contributed by atoms with Gasteiger partial charge in [0.25, 0.3) is 0 Å². The third-order valence-corrected chi connectivity index (χ3v) is 4.01. The van der Waals surface area contributed by atoms with Gasteiger partial charge < -0.3 is 19.4 Å². The summed E-state index contributed by atoms with van der Waals surface area (Å²) >= 11 is 0. The number of nitrogens with one attached hydrogen (secondary N) is 1. The Morgan fingerprint density at radius 1 is 1.23 bits per heavy atom. The summed E-state index contributed by atoms with van der Waals surface area (Å²) in [5, 5.41) is 2.97. The number of hydrogen-bond acceptors (Lipinski definition) is 5. The quantitative estimate of drug-likeness (QED) is 0.837. The summed E-state index contributed by atoms with van der Waals surface area (Å²) in [5.74, 6) is -0.320. The van der Waals surface area contributed by atoms with Gasteiger partial charge in [-0.25, -0.2) is 14.6 Å². The molecule has 7 nitrogen and oxygen atoms in total. The molecule has 0 saturated heterocycles. The van der Waals surface area contributed by atoms with Crippen LogP contribution in [0.1, 0.15) is 48.3 Å². The molecule has 140 valence electrons. The molecule has 1 N–H and O–H groups in total. The van der Waals surface area contributed by atoms with Gasteiger partial charge in [-0.15, -0.1) is 0 Å². The third-order valence-electron chi connectivity index (χ3n) is 4.01. The second-order valence-corrected chi connectivity index (χ2v) is 7.07. The summed E-state index contributed by atoms with van der Waals surface area (Å²) in [6, 6.07) is 5.57. The van der Waals surface area contributed by atoms with E-state index in [4.69, 9.17) is 4.42 Å². The number of aryl methyl sites for hydroxylation is 2. The molecule has 1 heterocycles. The van der Waals surface area contributed by atoms with Crippen molar-refractivity contribution in [2.24, 2.45) is 0 Å². The SMILES string of the molecule is COC(=O)c1coc(CN(C(=O)Nc2c(C)cccc2C)C(C)(C)C)n1. The highest BCUT2D eigenvalue weighted by atomic mass is 16.5. The number of oxazole rings is 1. The first-order valence-corrected chi connectivity index (χ1v) is 8.31. The van der Waals surface area contributed by atoms with Gasteiger partial charge >= 0.3 is 12.0 Å². The van der Waals surface area contributed by atoms with E-state index >= 15 is 0 Å². The summed E-state index contributed by atoms with van der Waals surface area (Å²) in [4.78, 5) is 30.1. The highest BCUT2D eigenvalue weighted by molar-refractivity contribution is 5.91. The van der Waals surface area contributed by atoms with Gasteiger partial charge in [0.1, 0.15) is 6.26 Å². The first-order valence-electron chi connectivity index (χ1n) is 8.31. The second kappa shape index (κ2) is 7.59. The Morgan fingerprint density at radius 3 is 2.38 bits per heavy atom. The lowest BCUT2D eigenvalue weighted by Crippen LogP contribution is -2.47. The summed E-state index contributed by atoms with van der Waals surface area (Å²) in [7, 11) is 1.27. The number of anilines is 1. The highest BCUT2D eigenvalue weighted by Gasteiger charge is 2.29. The fourth-order valence-corrected chi connectivity index (χ4v) is 2.52. The molecule has 1 aromatic carbocycles. The van der Waals surface area contributed by atoms with Gasteiger partial charge in [0, 0.05) is 11.2 Å². The summed E-state index contributed by atoms with van der Waals surface area (Å²) in [6.45, 7) is 9.77. The van der Waals surface area contributed by atoms with Crippen molar-refractivity contribution in [2.75, 3.05) is 12.4 Å². The lowest BCUT2D eigenvalue weighted by Gasteiger charge is -2.35. The van der Waals surface area contributed by atoms with Crippen molar-refractivity contribution in [3.05, 3.63) is 47.2 Å². The van der Waals surface area contributed by atoms with E-state index < -0.39 is 11.5 Å². The van der Waals surface area contributed by atoms with Gasteiger partial charge in [-0.1, -0.05) is 18.2 Å². The van der Waals surface area contributed by atoms with E-state index in [0.717, 1.165) is 16.8 Å². The van der Waals surface area contributed by atoms with Gasteiger partial charge in [0.15, 0.2) is 5.69 Å². The van der Waals surface area contributed by atoms with Gasteiger partial charge in [-0.2, -0.15) is 0 Å². The average Bonchev–Trinajstić information content (AvgIpc) is 3.03. The van der Waals surface area contributed by atoms with Crippen LogP contribution in [0.4, 0.5) is 10.5 Å². The normalized spacial score (nSPS) is 11.2. The molecule has 0 aliphatic rings.